The quantitative estimate of drug-likeness (QED) is 0.836. The molecule has 0 saturated heterocycles. The van der Waals surface area contributed by atoms with Gasteiger partial charge in [-0.2, -0.15) is 18.3 Å². The van der Waals surface area contributed by atoms with Crippen LogP contribution in [0.5, 0.6) is 0 Å². The third-order valence-corrected chi connectivity index (χ3v) is 3.18. The average Bonchev–Trinajstić information content (AvgIpc) is 2.88. The van der Waals surface area contributed by atoms with Crippen molar-refractivity contribution in [1.82, 2.24) is 15.1 Å². The highest BCUT2D eigenvalue weighted by molar-refractivity contribution is 5.91. The van der Waals surface area contributed by atoms with E-state index >= 15 is 0 Å². The Hall–Kier alpha value is -2.84. The molecule has 6 nitrogen and oxygen atoms in total. The molecule has 1 aromatic heterocycles. The molecule has 9 heteroatoms. The smallest absolute Gasteiger partial charge is 0.405 e. The number of nitrogens with zero attached hydrogens (tertiary/aromatic N) is 2. The molecule has 0 fully saturated rings. The largest absolute Gasteiger partial charge is 0.452 e. The lowest BCUT2D eigenvalue weighted by molar-refractivity contribution is -0.140. The molecule has 134 valence electrons. The molecule has 0 radical (unpaired) electrons. The Kier molecular flexibility index (Phi) is 5.45. The van der Waals surface area contributed by atoms with Gasteiger partial charge in [0.15, 0.2) is 6.61 Å². The number of hydrogen-bond acceptors (Lipinski definition) is 4. The molecule has 0 aliphatic carbocycles. The lowest BCUT2D eigenvalue weighted by atomic mass is 10.2. The standard InChI is InChI=1S/C16H16F3N3O3/c1-10-7-11(2)22(21-10)13-5-3-12(4-6-13)15(24)25-8-14(23)20-9-16(17,18)19/h3-7H,8-9H2,1-2H3,(H,20,23). The lowest BCUT2D eigenvalue weighted by Crippen LogP contribution is -2.36. The van der Waals surface area contributed by atoms with Gasteiger partial charge in [-0.05, 0) is 44.2 Å². The second kappa shape index (κ2) is 7.37. The van der Waals surface area contributed by atoms with Gasteiger partial charge in [0.05, 0.1) is 16.9 Å². The van der Waals surface area contributed by atoms with Crippen molar-refractivity contribution in [2.75, 3.05) is 13.2 Å². The van der Waals surface area contributed by atoms with Crippen LogP contribution in [0.4, 0.5) is 13.2 Å². The number of esters is 1. The van der Waals surface area contributed by atoms with E-state index in [-0.39, 0.29) is 5.56 Å². The summed E-state index contributed by atoms with van der Waals surface area (Å²) in [6, 6.07) is 8.19. The van der Waals surface area contributed by atoms with E-state index < -0.39 is 31.2 Å². The van der Waals surface area contributed by atoms with Gasteiger partial charge in [-0.1, -0.05) is 0 Å². The summed E-state index contributed by atoms with van der Waals surface area (Å²) in [5.74, 6) is -1.83. The van der Waals surface area contributed by atoms with Crippen LogP contribution in [-0.2, 0) is 9.53 Å². The van der Waals surface area contributed by atoms with Crippen molar-refractivity contribution >= 4 is 11.9 Å². The summed E-state index contributed by atoms with van der Waals surface area (Å²) >= 11 is 0. The number of carbonyl (C=O) groups is 2. The summed E-state index contributed by atoms with van der Waals surface area (Å²) in [6.07, 6.45) is -4.52. The molecule has 1 amide bonds. The van der Waals surface area contributed by atoms with Gasteiger partial charge in [-0.25, -0.2) is 9.48 Å². The molecule has 0 aliphatic rings. The number of benzene rings is 1. The van der Waals surface area contributed by atoms with Crippen molar-refractivity contribution in [3.63, 3.8) is 0 Å². The number of aryl methyl sites for hydroxylation is 2. The highest BCUT2D eigenvalue weighted by Gasteiger charge is 2.27. The Morgan fingerprint density at radius 3 is 2.36 bits per heavy atom. The number of nitrogens with one attached hydrogen (secondary N) is 1. The van der Waals surface area contributed by atoms with Gasteiger partial charge >= 0.3 is 12.1 Å². The van der Waals surface area contributed by atoms with Gasteiger partial charge in [-0.3, -0.25) is 4.79 Å². The first-order valence-electron chi connectivity index (χ1n) is 7.30. The van der Waals surface area contributed by atoms with Gasteiger partial charge in [-0.15, -0.1) is 0 Å². The lowest BCUT2D eigenvalue weighted by Gasteiger charge is -2.09. The molecule has 1 aromatic carbocycles. The van der Waals surface area contributed by atoms with Crippen LogP contribution >= 0.6 is 0 Å². The minimum absolute atomic E-state index is 0.175. The normalized spacial score (nSPS) is 11.2. The predicted octanol–water partition coefficient (Wildman–Crippen LogP) is 2.32. The van der Waals surface area contributed by atoms with E-state index in [4.69, 9.17) is 0 Å². The summed E-state index contributed by atoms with van der Waals surface area (Å²) in [4.78, 5) is 23.0. The fourth-order valence-electron chi connectivity index (χ4n) is 2.09. The van der Waals surface area contributed by atoms with Crippen LogP contribution in [0.25, 0.3) is 5.69 Å². The van der Waals surface area contributed by atoms with E-state index in [9.17, 15) is 22.8 Å². The number of ether oxygens (including phenoxy) is 1. The first kappa shape index (κ1) is 18.5. The molecule has 0 unspecified atom stereocenters. The number of carbonyl (C=O) groups excluding carboxylic acids is 2. The van der Waals surface area contributed by atoms with Crippen molar-refractivity contribution in [2.24, 2.45) is 0 Å². The van der Waals surface area contributed by atoms with Gasteiger partial charge < -0.3 is 10.1 Å². The van der Waals surface area contributed by atoms with Crippen molar-refractivity contribution in [3.05, 3.63) is 47.3 Å². The van der Waals surface area contributed by atoms with Crippen molar-refractivity contribution < 1.29 is 27.5 Å². The maximum absolute atomic E-state index is 12.0. The number of hydrogen-bond donors (Lipinski definition) is 1. The Balaban J connectivity index is 1.92. The van der Waals surface area contributed by atoms with Gasteiger partial charge in [0.1, 0.15) is 6.54 Å². The van der Waals surface area contributed by atoms with E-state index in [1.54, 1.807) is 22.1 Å². The van der Waals surface area contributed by atoms with Gasteiger partial charge in [0.2, 0.25) is 0 Å². The molecule has 1 N–H and O–H groups in total. The Labute approximate surface area is 141 Å². The number of aromatic nitrogens is 2. The van der Waals surface area contributed by atoms with E-state index in [2.05, 4.69) is 9.84 Å². The average molecular weight is 355 g/mol. The fraction of sp³-hybridized carbons (Fsp3) is 0.312. The van der Waals surface area contributed by atoms with E-state index in [1.165, 1.54) is 12.1 Å². The molecular weight excluding hydrogens is 339 g/mol. The predicted molar refractivity (Wildman–Crippen MR) is 82.4 cm³/mol. The number of amides is 1. The van der Waals surface area contributed by atoms with Crippen LogP contribution in [-0.4, -0.2) is 41.0 Å². The first-order chi connectivity index (χ1) is 11.7. The number of alkyl halides is 3. The second-order valence-electron chi connectivity index (χ2n) is 5.35. The first-order valence-corrected chi connectivity index (χ1v) is 7.30. The van der Waals surface area contributed by atoms with Crippen LogP contribution in [0.15, 0.2) is 30.3 Å². The fourth-order valence-corrected chi connectivity index (χ4v) is 2.09. The Bertz CT molecular complexity index is 767. The summed E-state index contributed by atoms with van der Waals surface area (Å²) in [7, 11) is 0. The topological polar surface area (TPSA) is 73.2 Å². The van der Waals surface area contributed by atoms with E-state index in [0.29, 0.717) is 0 Å². The summed E-state index contributed by atoms with van der Waals surface area (Å²) in [6.45, 7) is 1.50. The molecule has 2 rings (SSSR count). The van der Waals surface area contributed by atoms with Crippen molar-refractivity contribution in [3.8, 4) is 5.69 Å². The maximum Gasteiger partial charge on any atom is 0.405 e. The zero-order valence-electron chi connectivity index (χ0n) is 13.6. The van der Waals surface area contributed by atoms with Crippen LogP contribution < -0.4 is 5.32 Å². The number of rotatable bonds is 5. The molecule has 25 heavy (non-hydrogen) atoms. The SMILES string of the molecule is Cc1cc(C)n(-c2ccc(C(=O)OCC(=O)NCC(F)(F)F)cc2)n1. The molecule has 0 aliphatic heterocycles. The minimum Gasteiger partial charge on any atom is -0.452 e. The van der Waals surface area contributed by atoms with Crippen LogP contribution in [0.3, 0.4) is 0 Å². The Morgan fingerprint density at radius 1 is 1.20 bits per heavy atom. The van der Waals surface area contributed by atoms with Crippen molar-refractivity contribution in [1.29, 1.82) is 0 Å². The van der Waals surface area contributed by atoms with Crippen molar-refractivity contribution in [2.45, 2.75) is 20.0 Å². The van der Waals surface area contributed by atoms with Crippen LogP contribution in [0.1, 0.15) is 21.7 Å². The van der Waals surface area contributed by atoms with Gasteiger partial charge in [0, 0.05) is 5.69 Å². The summed E-state index contributed by atoms with van der Waals surface area (Å²) in [5.41, 5.74) is 2.69. The number of halogens is 3. The zero-order valence-corrected chi connectivity index (χ0v) is 13.6. The monoisotopic (exact) mass is 355 g/mol. The third kappa shape index (κ3) is 5.33. The van der Waals surface area contributed by atoms with E-state index in [1.807, 2.05) is 19.9 Å². The molecule has 1 heterocycles. The highest BCUT2D eigenvalue weighted by Crippen LogP contribution is 2.14. The highest BCUT2D eigenvalue weighted by atomic mass is 19.4. The van der Waals surface area contributed by atoms with E-state index in [0.717, 1.165) is 17.1 Å². The molecule has 0 bridgehead atoms. The molecule has 0 saturated carbocycles. The van der Waals surface area contributed by atoms with Crippen LogP contribution in [0.2, 0.25) is 0 Å². The third-order valence-electron chi connectivity index (χ3n) is 3.18. The minimum atomic E-state index is -4.52. The molecular formula is C16H16F3N3O3. The molecule has 2 aromatic rings. The molecule has 0 spiro atoms. The van der Waals surface area contributed by atoms with Crippen LogP contribution in [0, 0.1) is 13.8 Å². The summed E-state index contributed by atoms with van der Waals surface area (Å²) < 4.78 is 42.3. The van der Waals surface area contributed by atoms with Gasteiger partial charge in [0.25, 0.3) is 5.91 Å². The Morgan fingerprint density at radius 2 is 1.84 bits per heavy atom. The maximum atomic E-state index is 12.0. The summed E-state index contributed by atoms with van der Waals surface area (Å²) in [5, 5.41) is 5.93. The zero-order chi connectivity index (χ0) is 18.6. The second-order valence-corrected chi connectivity index (χ2v) is 5.35. The molecule has 0 atom stereocenters.